The summed E-state index contributed by atoms with van der Waals surface area (Å²) in [7, 11) is 0. The lowest BCUT2D eigenvalue weighted by Crippen LogP contribution is -2.12. The van der Waals surface area contributed by atoms with Crippen LogP contribution in [-0.2, 0) is 11.8 Å². The van der Waals surface area contributed by atoms with Gasteiger partial charge in [-0.1, -0.05) is 27.7 Å². The van der Waals surface area contributed by atoms with Gasteiger partial charge in [0.1, 0.15) is 22.1 Å². The molecule has 0 fully saturated rings. The minimum Gasteiger partial charge on any atom is -0.173 e. The molecule has 2 aromatic carbocycles. The Bertz CT molecular complexity index is 1010. The first-order valence-electron chi connectivity index (χ1n) is 7.34. The normalized spacial score (nSPS) is 12.7. The standard InChI is InChI=1S/C16H16N4S2/c1-5-8-6-10-15(20-21-17-10)13-9(16(2,3)4)7-11-14(12(8)13)19-22-18-11/h6-7H,5H2,1-4H3. The predicted octanol–water partition coefficient (Wildman–Crippen LogP) is 4.71. The molecular weight excluding hydrogens is 312 g/mol. The smallest absolute Gasteiger partial charge is 0.113 e. The predicted molar refractivity (Wildman–Crippen MR) is 94.0 cm³/mol. The largest absolute Gasteiger partial charge is 0.173 e. The molecular formula is C16H16N4S2. The van der Waals surface area contributed by atoms with Crippen molar-refractivity contribution in [3.8, 4) is 0 Å². The van der Waals surface area contributed by atoms with Crippen molar-refractivity contribution in [3.63, 3.8) is 0 Å². The Kier molecular flexibility index (Phi) is 2.96. The van der Waals surface area contributed by atoms with Gasteiger partial charge in [0.2, 0.25) is 0 Å². The maximum Gasteiger partial charge on any atom is 0.113 e. The summed E-state index contributed by atoms with van der Waals surface area (Å²) in [5.74, 6) is 0. The van der Waals surface area contributed by atoms with Crippen LogP contribution in [0.25, 0.3) is 32.8 Å². The van der Waals surface area contributed by atoms with Crippen LogP contribution in [0, 0.1) is 0 Å². The third-order valence-electron chi connectivity index (χ3n) is 4.12. The van der Waals surface area contributed by atoms with Gasteiger partial charge in [0.15, 0.2) is 0 Å². The monoisotopic (exact) mass is 328 g/mol. The van der Waals surface area contributed by atoms with Crippen LogP contribution in [0.3, 0.4) is 0 Å². The van der Waals surface area contributed by atoms with Gasteiger partial charge in [0.25, 0.3) is 0 Å². The van der Waals surface area contributed by atoms with Crippen LogP contribution >= 0.6 is 23.5 Å². The van der Waals surface area contributed by atoms with E-state index in [0.29, 0.717) is 0 Å². The van der Waals surface area contributed by atoms with Gasteiger partial charge in [0.05, 0.1) is 23.5 Å². The second-order valence-electron chi connectivity index (χ2n) is 6.58. The average molecular weight is 328 g/mol. The third-order valence-corrected chi connectivity index (χ3v) is 5.21. The molecule has 4 nitrogen and oxygen atoms in total. The van der Waals surface area contributed by atoms with Gasteiger partial charge in [-0.15, -0.1) is 0 Å². The zero-order chi connectivity index (χ0) is 15.5. The Morgan fingerprint density at radius 1 is 0.864 bits per heavy atom. The highest BCUT2D eigenvalue weighted by atomic mass is 32.1. The van der Waals surface area contributed by atoms with E-state index in [2.05, 4.69) is 57.3 Å². The highest BCUT2D eigenvalue weighted by Crippen LogP contribution is 2.40. The summed E-state index contributed by atoms with van der Waals surface area (Å²) in [5.41, 5.74) is 6.53. The number of aromatic nitrogens is 4. The van der Waals surface area contributed by atoms with E-state index in [0.717, 1.165) is 28.5 Å². The van der Waals surface area contributed by atoms with Crippen LogP contribution in [0.15, 0.2) is 12.1 Å². The van der Waals surface area contributed by atoms with E-state index in [1.54, 1.807) is 0 Å². The Hall–Kier alpha value is -1.66. The van der Waals surface area contributed by atoms with Crippen molar-refractivity contribution in [2.45, 2.75) is 39.5 Å². The van der Waals surface area contributed by atoms with Gasteiger partial charge < -0.3 is 0 Å². The molecule has 0 saturated heterocycles. The van der Waals surface area contributed by atoms with Crippen molar-refractivity contribution < 1.29 is 0 Å². The first-order valence-corrected chi connectivity index (χ1v) is 8.80. The SMILES string of the molecule is CCc1cc2nsnc2c2c(C(C)(C)C)cc3nsnc3c12. The average Bonchev–Trinajstić information content (AvgIpc) is 3.12. The summed E-state index contributed by atoms with van der Waals surface area (Å²) in [6.45, 7) is 8.88. The van der Waals surface area contributed by atoms with E-state index in [1.165, 1.54) is 45.4 Å². The summed E-state index contributed by atoms with van der Waals surface area (Å²) in [5, 5.41) is 2.41. The quantitative estimate of drug-likeness (QED) is 0.508. The van der Waals surface area contributed by atoms with E-state index in [-0.39, 0.29) is 5.41 Å². The van der Waals surface area contributed by atoms with Crippen molar-refractivity contribution in [3.05, 3.63) is 23.3 Å². The molecule has 2 heterocycles. The summed E-state index contributed by atoms with van der Waals surface area (Å²) >= 11 is 2.56. The van der Waals surface area contributed by atoms with Gasteiger partial charge >= 0.3 is 0 Å². The van der Waals surface area contributed by atoms with Crippen LogP contribution in [0.4, 0.5) is 0 Å². The molecule has 0 spiro atoms. The van der Waals surface area contributed by atoms with Crippen molar-refractivity contribution >= 4 is 56.3 Å². The molecule has 112 valence electrons. The van der Waals surface area contributed by atoms with Crippen LogP contribution < -0.4 is 0 Å². The number of nitrogens with zero attached hydrogens (tertiary/aromatic N) is 4. The van der Waals surface area contributed by atoms with Gasteiger partial charge in [-0.05, 0) is 35.1 Å². The fraction of sp³-hybridized carbons (Fsp3) is 0.375. The molecule has 0 bridgehead atoms. The zero-order valence-electron chi connectivity index (χ0n) is 13.0. The van der Waals surface area contributed by atoms with E-state index in [4.69, 9.17) is 0 Å². The Labute approximate surface area is 136 Å². The summed E-state index contributed by atoms with van der Waals surface area (Å²) in [4.78, 5) is 0. The van der Waals surface area contributed by atoms with Crippen molar-refractivity contribution in [2.75, 3.05) is 0 Å². The van der Waals surface area contributed by atoms with Gasteiger partial charge in [-0.3, -0.25) is 0 Å². The lowest BCUT2D eigenvalue weighted by atomic mass is 9.82. The van der Waals surface area contributed by atoms with Gasteiger partial charge in [-0.25, -0.2) is 0 Å². The van der Waals surface area contributed by atoms with Crippen molar-refractivity contribution in [2.24, 2.45) is 0 Å². The Morgan fingerprint density at radius 2 is 1.45 bits per heavy atom. The zero-order valence-corrected chi connectivity index (χ0v) is 14.6. The molecule has 0 amide bonds. The molecule has 0 aliphatic heterocycles. The van der Waals surface area contributed by atoms with E-state index in [9.17, 15) is 0 Å². The van der Waals surface area contributed by atoms with E-state index < -0.39 is 0 Å². The maximum atomic E-state index is 4.57. The molecule has 0 radical (unpaired) electrons. The van der Waals surface area contributed by atoms with Gasteiger partial charge in [0, 0.05) is 10.8 Å². The second-order valence-corrected chi connectivity index (χ2v) is 7.63. The van der Waals surface area contributed by atoms with E-state index in [1.807, 2.05) is 0 Å². The van der Waals surface area contributed by atoms with Gasteiger partial charge in [-0.2, -0.15) is 17.5 Å². The minimum absolute atomic E-state index is 0.0129. The molecule has 0 aliphatic carbocycles. The molecule has 0 atom stereocenters. The van der Waals surface area contributed by atoms with Crippen molar-refractivity contribution in [1.82, 2.24) is 17.5 Å². The fourth-order valence-electron chi connectivity index (χ4n) is 3.06. The fourth-order valence-corrected chi connectivity index (χ4v) is 4.12. The number of fused-ring (bicyclic) bond motifs is 5. The molecule has 0 N–H and O–H groups in total. The first-order chi connectivity index (χ1) is 10.5. The molecule has 0 saturated carbocycles. The molecule has 0 unspecified atom stereocenters. The van der Waals surface area contributed by atoms with E-state index >= 15 is 0 Å². The second kappa shape index (κ2) is 4.67. The molecule has 2 aromatic heterocycles. The molecule has 0 aliphatic rings. The number of hydrogen-bond donors (Lipinski definition) is 0. The molecule has 4 aromatic rings. The number of aryl methyl sites for hydroxylation is 1. The Morgan fingerprint density at radius 3 is 2.05 bits per heavy atom. The molecule has 22 heavy (non-hydrogen) atoms. The summed E-state index contributed by atoms with van der Waals surface area (Å²) in [6, 6.07) is 4.34. The highest BCUT2D eigenvalue weighted by Gasteiger charge is 2.24. The maximum absolute atomic E-state index is 4.57. The van der Waals surface area contributed by atoms with Crippen LogP contribution in [0.5, 0.6) is 0 Å². The molecule has 4 rings (SSSR count). The lowest BCUT2D eigenvalue weighted by molar-refractivity contribution is 0.597. The summed E-state index contributed by atoms with van der Waals surface area (Å²) in [6.07, 6.45) is 0.949. The third kappa shape index (κ3) is 1.87. The number of rotatable bonds is 1. The molecule has 6 heteroatoms. The highest BCUT2D eigenvalue weighted by molar-refractivity contribution is 7.00. The van der Waals surface area contributed by atoms with Crippen LogP contribution in [0.1, 0.15) is 38.8 Å². The van der Waals surface area contributed by atoms with Crippen LogP contribution in [0.2, 0.25) is 0 Å². The van der Waals surface area contributed by atoms with Crippen LogP contribution in [-0.4, -0.2) is 17.5 Å². The topological polar surface area (TPSA) is 51.6 Å². The van der Waals surface area contributed by atoms with Crippen molar-refractivity contribution in [1.29, 1.82) is 0 Å². The first kappa shape index (κ1) is 14.0. The summed E-state index contributed by atoms with van der Waals surface area (Å²) < 4.78 is 18.1. The number of benzene rings is 2. The Balaban J connectivity index is 2.38. The minimum atomic E-state index is 0.0129. The lowest BCUT2D eigenvalue weighted by Gasteiger charge is -2.22. The number of hydrogen-bond acceptors (Lipinski definition) is 6.